The van der Waals surface area contributed by atoms with Crippen LogP contribution in [-0.4, -0.2) is 50.5 Å². The minimum Gasteiger partial charge on any atom is -0.464 e. The molecule has 0 radical (unpaired) electrons. The first-order valence-electron chi connectivity index (χ1n) is 7.68. The van der Waals surface area contributed by atoms with Crippen molar-refractivity contribution in [1.29, 1.82) is 0 Å². The normalized spacial score (nSPS) is 26.5. The fourth-order valence-electron chi connectivity index (χ4n) is 3.22. The molecule has 2 aliphatic rings. The molecule has 24 heavy (non-hydrogen) atoms. The van der Waals surface area contributed by atoms with E-state index in [1.165, 1.54) is 19.1 Å². The predicted molar refractivity (Wildman–Crippen MR) is 83.4 cm³/mol. The molecule has 0 bridgehead atoms. The monoisotopic (exact) mass is 353 g/mol. The van der Waals surface area contributed by atoms with Crippen molar-refractivity contribution in [3.8, 4) is 0 Å². The molecule has 3 atom stereocenters. The number of benzene rings is 1. The van der Waals surface area contributed by atoms with E-state index in [4.69, 9.17) is 9.47 Å². The fourth-order valence-corrected chi connectivity index (χ4v) is 4.87. The Bertz CT molecular complexity index is 757. The number of fused-ring (bicyclic) bond motifs is 1. The van der Waals surface area contributed by atoms with Gasteiger partial charge in [-0.3, -0.25) is 9.59 Å². The molecule has 8 heteroatoms. The standard InChI is InChI=1S/C16H19NO6S/c1-10-3-5-12(6-4-10)24(20,21)17-15(9-23-11(2)18)13-7-22-8-14(13)16(17)19/h3-6,13-15H,7-9H2,1-2H3/t13-,14+,15-/m0/s1. The molecule has 0 unspecified atom stereocenters. The van der Waals surface area contributed by atoms with Crippen LogP contribution in [0.5, 0.6) is 0 Å². The average Bonchev–Trinajstić information content (AvgIpc) is 3.08. The molecular weight excluding hydrogens is 334 g/mol. The maximum absolute atomic E-state index is 13.0. The molecule has 2 fully saturated rings. The van der Waals surface area contributed by atoms with Crippen molar-refractivity contribution in [2.24, 2.45) is 11.8 Å². The van der Waals surface area contributed by atoms with Gasteiger partial charge in [0.2, 0.25) is 5.91 Å². The number of hydrogen-bond donors (Lipinski definition) is 0. The summed E-state index contributed by atoms with van der Waals surface area (Å²) < 4.78 is 37.1. The highest BCUT2D eigenvalue weighted by atomic mass is 32.2. The fraction of sp³-hybridized carbons (Fsp3) is 0.500. The van der Waals surface area contributed by atoms with Gasteiger partial charge in [0.25, 0.3) is 10.0 Å². The lowest BCUT2D eigenvalue weighted by molar-refractivity contribution is -0.143. The third-order valence-corrected chi connectivity index (χ3v) is 6.33. The minimum absolute atomic E-state index is 0.0511. The zero-order valence-corrected chi connectivity index (χ0v) is 14.3. The van der Waals surface area contributed by atoms with Gasteiger partial charge in [-0.1, -0.05) is 17.7 Å². The Morgan fingerprint density at radius 2 is 1.96 bits per heavy atom. The first kappa shape index (κ1) is 16.9. The third-order valence-electron chi connectivity index (χ3n) is 4.49. The summed E-state index contributed by atoms with van der Waals surface area (Å²) >= 11 is 0. The van der Waals surface area contributed by atoms with Crippen molar-refractivity contribution in [3.05, 3.63) is 29.8 Å². The predicted octanol–water partition coefficient (Wildman–Crippen LogP) is 0.720. The molecular formula is C16H19NO6S. The van der Waals surface area contributed by atoms with Gasteiger partial charge in [0.15, 0.2) is 0 Å². The molecule has 1 aromatic carbocycles. The summed E-state index contributed by atoms with van der Waals surface area (Å²) in [6, 6.07) is 5.58. The number of aryl methyl sites for hydroxylation is 1. The second kappa shape index (κ2) is 6.18. The summed E-state index contributed by atoms with van der Waals surface area (Å²) in [7, 11) is -4.01. The van der Waals surface area contributed by atoms with Gasteiger partial charge in [-0.15, -0.1) is 0 Å². The van der Waals surface area contributed by atoms with E-state index >= 15 is 0 Å². The van der Waals surface area contributed by atoms with Crippen molar-refractivity contribution in [1.82, 2.24) is 4.31 Å². The van der Waals surface area contributed by atoms with E-state index in [1.54, 1.807) is 12.1 Å². The third kappa shape index (κ3) is 2.80. The van der Waals surface area contributed by atoms with Gasteiger partial charge in [0.1, 0.15) is 6.61 Å². The summed E-state index contributed by atoms with van der Waals surface area (Å²) in [5, 5.41) is 0. The van der Waals surface area contributed by atoms with Crippen LogP contribution in [-0.2, 0) is 29.1 Å². The highest BCUT2D eigenvalue weighted by Crippen LogP contribution is 2.39. The lowest BCUT2D eigenvalue weighted by Crippen LogP contribution is -2.44. The van der Waals surface area contributed by atoms with E-state index in [2.05, 4.69) is 0 Å². The summed E-state index contributed by atoms with van der Waals surface area (Å²) in [6.45, 7) is 3.42. The quantitative estimate of drug-likeness (QED) is 0.741. The Balaban J connectivity index is 1.97. The van der Waals surface area contributed by atoms with Crippen LogP contribution in [0.4, 0.5) is 0 Å². The first-order valence-corrected chi connectivity index (χ1v) is 9.12. The SMILES string of the molecule is CC(=O)OC[C@H]1[C@H]2COC[C@H]2C(=O)N1S(=O)(=O)c1ccc(C)cc1. The van der Waals surface area contributed by atoms with Crippen molar-refractivity contribution < 1.29 is 27.5 Å². The van der Waals surface area contributed by atoms with Gasteiger partial charge >= 0.3 is 5.97 Å². The summed E-state index contributed by atoms with van der Waals surface area (Å²) in [4.78, 5) is 23.8. The van der Waals surface area contributed by atoms with E-state index in [0.29, 0.717) is 0 Å². The van der Waals surface area contributed by atoms with Crippen molar-refractivity contribution in [3.63, 3.8) is 0 Å². The van der Waals surface area contributed by atoms with Gasteiger partial charge in [-0.05, 0) is 19.1 Å². The Morgan fingerprint density at radius 3 is 2.58 bits per heavy atom. The number of amides is 1. The van der Waals surface area contributed by atoms with Gasteiger partial charge in [0, 0.05) is 12.8 Å². The first-order chi connectivity index (χ1) is 11.3. The summed E-state index contributed by atoms with van der Waals surface area (Å²) in [5.41, 5.74) is 0.920. The number of hydrogen-bond acceptors (Lipinski definition) is 6. The Kier molecular flexibility index (Phi) is 4.35. The Morgan fingerprint density at radius 1 is 1.29 bits per heavy atom. The number of esters is 1. The molecule has 2 aliphatic heterocycles. The molecule has 0 aliphatic carbocycles. The second-order valence-electron chi connectivity index (χ2n) is 6.13. The number of carbonyl (C=O) groups is 2. The van der Waals surface area contributed by atoms with E-state index < -0.39 is 33.9 Å². The highest BCUT2D eigenvalue weighted by Gasteiger charge is 2.55. The zero-order chi connectivity index (χ0) is 17.5. The van der Waals surface area contributed by atoms with E-state index in [9.17, 15) is 18.0 Å². The lowest BCUT2D eigenvalue weighted by Gasteiger charge is -2.26. The van der Waals surface area contributed by atoms with Gasteiger partial charge in [-0.25, -0.2) is 12.7 Å². The van der Waals surface area contributed by atoms with Crippen molar-refractivity contribution in [2.75, 3.05) is 19.8 Å². The molecule has 2 heterocycles. The van der Waals surface area contributed by atoms with Crippen LogP contribution < -0.4 is 0 Å². The Hall–Kier alpha value is -1.93. The highest BCUT2D eigenvalue weighted by molar-refractivity contribution is 7.89. The maximum atomic E-state index is 13.0. The number of carbonyl (C=O) groups excluding carboxylic acids is 2. The van der Waals surface area contributed by atoms with Crippen molar-refractivity contribution in [2.45, 2.75) is 24.8 Å². The van der Waals surface area contributed by atoms with Gasteiger partial charge in [0.05, 0.1) is 30.1 Å². The zero-order valence-electron chi connectivity index (χ0n) is 13.5. The van der Waals surface area contributed by atoms with E-state index in [1.807, 2.05) is 6.92 Å². The molecule has 130 valence electrons. The molecule has 3 rings (SSSR count). The second-order valence-corrected chi connectivity index (χ2v) is 7.94. The number of ether oxygens (including phenoxy) is 2. The summed E-state index contributed by atoms with van der Waals surface area (Å²) in [6.07, 6.45) is 0. The largest absolute Gasteiger partial charge is 0.464 e. The molecule has 0 N–H and O–H groups in total. The molecule has 7 nitrogen and oxygen atoms in total. The molecule has 2 saturated heterocycles. The molecule has 0 spiro atoms. The van der Waals surface area contributed by atoms with Crippen LogP contribution >= 0.6 is 0 Å². The minimum atomic E-state index is -4.01. The van der Waals surface area contributed by atoms with Crippen LogP contribution in [0.15, 0.2) is 29.2 Å². The van der Waals surface area contributed by atoms with Crippen LogP contribution in [0.3, 0.4) is 0 Å². The van der Waals surface area contributed by atoms with Gasteiger partial charge in [-0.2, -0.15) is 0 Å². The smallest absolute Gasteiger partial charge is 0.302 e. The molecule has 1 amide bonds. The van der Waals surface area contributed by atoms with E-state index in [0.717, 1.165) is 9.87 Å². The van der Waals surface area contributed by atoms with Crippen LogP contribution in [0.2, 0.25) is 0 Å². The maximum Gasteiger partial charge on any atom is 0.302 e. The molecule has 0 saturated carbocycles. The van der Waals surface area contributed by atoms with E-state index in [-0.39, 0.29) is 30.6 Å². The lowest BCUT2D eigenvalue weighted by atomic mass is 9.94. The van der Waals surface area contributed by atoms with Crippen molar-refractivity contribution >= 4 is 21.9 Å². The number of sulfonamides is 1. The molecule has 1 aromatic rings. The van der Waals surface area contributed by atoms with Crippen LogP contribution in [0.1, 0.15) is 12.5 Å². The summed E-state index contributed by atoms with van der Waals surface area (Å²) in [5.74, 6) is -1.81. The number of nitrogens with zero attached hydrogens (tertiary/aromatic N) is 1. The molecule has 0 aromatic heterocycles. The topological polar surface area (TPSA) is 90.0 Å². The van der Waals surface area contributed by atoms with Crippen LogP contribution in [0, 0.1) is 18.8 Å². The average molecular weight is 353 g/mol. The Labute approximate surface area is 140 Å². The van der Waals surface area contributed by atoms with Crippen LogP contribution in [0.25, 0.3) is 0 Å². The van der Waals surface area contributed by atoms with Gasteiger partial charge < -0.3 is 9.47 Å². The number of rotatable bonds is 4.